The van der Waals surface area contributed by atoms with Gasteiger partial charge in [0.2, 0.25) is 0 Å². The van der Waals surface area contributed by atoms with Crippen molar-refractivity contribution in [2.24, 2.45) is 0 Å². The van der Waals surface area contributed by atoms with Gasteiger partial charge in [-0.25, -0.2) is 9.18 Å². The van der Waals surface area contributed by atoms with Gasteiger partial charge in [-0.3, -0.25) is 4.79 Å². The summed E-state index contributed by atoms with van der Waals surface area (Å²) < 4.78 is 92.6. The summed E-state index contributed by atoms with van der Waals surface area (Å²) in [4.78, 5) is 23.1. The molecule has 12 heteroatoms. The van der Waals surface area contributed by atoms with E-state index in [4.69, 9.17) is 5.11 Å². The average Bonchev–Trinajstić information content (AvgIpc) is 2.77. The summed E-state index contributed by atoms with van der Waals surface area (Å²) in [6.07, 6.45) is -12.3. The Morgan fingerprint density at radius 2 is 1.26 bits per heavy atom. The van der Waals surface area contributed by atoms with Gasteiger partial charge in [0, 0.05) is 22.4 Å². The molecule has 0 fully saturated rings. The zero-order chi connectivity index (χ0) is 26.2. The zero-order valence-electron chi connectivity index (χ0n) is 17.2. The fourth-order valence-corrected chi connectivity index (χ4v) is 3.16. The highest BCUT2D eigenvalue weighted by molar-refractivity contribution is 6.04. The predicted molar refractivity (Wildman–Crippen MR) is 109 cm³/mol. The number of nitrogens with one attached hydrogen (secondary N) is 1. The van der Waals surface area contributed by atoms with Crippen LogP contribution in [0.25, 0.3) is 11.1 Å². The average molecular weight is 501 g/mol. The summed E-state index contributed by atoms with van der Waals surface area (Å²) in [5.41, 5.74) is -6.91. The van der Waals surface area contributed by atoms with E-state index in [1.807, 2.05) is 0 Å². The lowest BCUT2D eigenvalue weighted by molar-refractivity contribution is -0.376. The van der Waals surface area contributed by atoms with Crippen LogP contribution in [-0.2, 0) is 5.60 Å². The van der Waals surface area contributed by atoms with Crippen LogP contribution in [0.15, 0.2) is 66.7 Å². The minimum Gasteiger partial charge on any atom is -0.478 e. The molecule has 0 aromatic heterocycles. The molecule has 0 radical (unpaired) electrons. The lowest BCUT2D eigenvalue weighted by atomic mass is 9.90. The van der Waals surface area contributed by atoms with E-state index in [1.54, 1.807) is 0 Å². The number of anilines is 1. The van der Waals surface area contributed by atoms with Crippen LogP contribution in [0.3, 0.4) is 0 Å². The summed E-state index contributed by atoms with van der Waals surface area (Å²) in [6.45, 7) is 0. The molecule has 0 saturated heterocycles. The summed E-state index contributed by atoms with van der Waals surface area (Å²) >= 11 is 0. The molecule has 3 rings (SSSR count). The molecule has 0 unspecified atom stereocenters. The number of aliphatic hydroxyl groups is 1. The Balaban J connectivity index is 1.83. The van der Waals surface area contributed by atoms with E-state index in [0.717, 1.165) is 0 Å². The third-order valence-corrected chi connectivity index (χ3v) is 5.06. The van der Waals surface area contributed by atoms with Crippen LogP contribution in [0.2, 0.25) is 0 Å². The number of hydrogen-bond donors (Lipinski definition) is 3. The Bertz CT molecular complexity index is 1240. The van der Waals surface area contributed by atoms with Gasteiger partial charge in [0.1, 0.15) is 5.82 Å². The van der Waals surface area contributed by atoms with Gasteiger partial charge in [-0.15, -0.1) is 0 Å². The molecule has 3 aromatic rings. The van der Waals surface area contributed by atoms with Crippen LogP contribution in [-0.4, -0.2) is 34.4 Å². The molecule has 0 aliphatic rings. The van der Waals surface area contributed by atoms with Crippen LogP contribution < -0.4 is 5.32 Å². The molecule has 0 saturated carbocycles. The SMILES string of the molecule is O=C(O)c1ccc(C(=O)Nc2ccc(-c3ccc(C(O)(C(F)(F)F)C(F)(F)F)cc3F)cc2)cc1. The van der Waals surface area contributed by atoms with Gasteiger partial charge >= 0.3 is 18.3 Å². The molecule has 0 bridgehead atoms. The van der Waals surface area contributed by atoms with Gasteiger partial charge in [0.05, 0.1) is 5.56 Å². The van der Waals surface area contributed by atoms with Crippen molar-refractivity contribution in [3.63, 3.8) is 0 Å². The highest BCUT2D eigenvalue weighted by Gasteiger charge is 2.71. The highest BCUT2D eigenvalue weighted by Crippen LogP contribution is 2.50. The third-order valence-electron chi connectivity index (χ3n) is 5.06. The van der Waals surface area contributed by atoms with Gasteiger partial charge in [0.25, 0.3) is 11.5 Å². The van der Waals surface area contributed by atoms with Gasteiger partial charge in [0.15, 0.2) is 0 Å². The number of carboxylic acids is 1. The predicted octanol–water partition coefficient (Wildman–Crippen LogP) is 5.76. The Hall–Kier alpha value is -3.93. The van der Waals surface area contributed by atoms with Gasteiger partial charge in [-0.2, -0.15) is 26.3 Å². The smallest absolute Gasteiger partial charge is 0.430 e. The molecule has 0 atom stereocenters. The lowest BCUT2D eigenvalue weighted by Crippen LogP contribution is -2.53. The van der Waals surface area contributed by atoms with E-state index in [2.05, 4.69) is 5.32 Å². The van der Waals surface area contributed by atoms with Crippen molar-refractivity contribution in [3.05, 3.63) is 89.2 Å². The summed E-state index contributed by atoms with van der Waals surface area (Å²) in [6, 6.07) is 11.1. The quantitative estimate of drug-likeness (QED) is 0.389. The molecule has 0 heterocycles. The number of hydrogen-bond acceptors (Lipinski definition) is 3. The molecule has 3 N–H and O–H groups in total. The van der Waals surface area contributed by atoms with Gasteiger partial charge in [-0.1, -0.05) is 24.3 Å². The molecule has 1 amide bonds. The summed E-state index contributed by atoms with van der Waals surface area (Å²) in [7, 11) is 0. The second-order valence-corrected chi connectivity index (χ2v) is 7.31. The van der Waals surface area contributed by atoms with E-state index >= 15 is 0 Å². The van der Waals surface area contributed by atoms with Gasteiger partial charge < -0.3 is 15.5 Å². The zero-order valence-corrected chi connectivity index (χ0v) is 17.2. The van der Waals surface area contributed by atoms with Crippen LogP contribution in [0.1, 0.15) is 26.3 Å². The molecular weight excluding hydrogens is 487 g/mol. The minimum absolute atomic E-state index is 0.0251. The first kappa shape index (κ1) is 25.7. The van der Waals surface area contributed by atoms with Crippen molar-refractivity contribution in [2.45, 2.75) is 18.0 Å². The maximum Gasteiger partial charge on any atom is 0.430 e. The second-order valence-electron chi connectivity index (χ2n) is 7.31. The second kappa shape index (κ2) is 9.02. The Labute approximate surface area is 192 Å². The topological polar surface area (TPSA) is 86.6 Å². The van der Waals surface area contributed by atoms with Crippen LogP contribution in [0, 0.1) is 5.82 Å². The third kappa shape index (κ3) is 4.97. The standard InChI is InChI=1S/C23H14F7NO4/c24-18-11-15(21(35,22(25,26)27)23(28,29)30)7-10-17(18)12-5-8-16(9-6-12)31-19(32)13-1-3-14(4-2-13)20(33)34/h1-11,35H,(H,31,32)(H,33,34). The number of aromatic carboxylic acids is 1. The fraction of sp³-hybridized carbons (Fsp3) is 0.130. The molecule has 0 aliphatic heterocycles. The maximum absolute atomic E-state index is 14.5. The van der Waals surface area contributed by atoms with Crippen molar-refractivity contribution < 1.29 is 50.5 Å². The lowest BCUT2D eigenvalue weighted by Gasteiger charge is -2.32. The van der Waals surface area contributed by atoms with Crippen molar-refractivity contribution in [1.82, 2.24) is 0 Å². The number of alkyl halides is 6. The first-order chi connectivity index (χ1) is 16.1. The Morgan fingerprint density at radius 3 is 1.71 bits per heavy atom. The first-order valence-electron chi connectivity index (χ1n) is 9.56. The largest absolute Gasteiger partial charge is 0.478 e. The molecule has 3 aromatic carbocycles. The number of carbonyl (C=O) groups is 2. The van der Waals surface area contributed by atoms with Crippen molar-refractivity contribution in [1.29, 1.82) is 0 Å². The van der Waals surface area contributed by atoms with Crippen LogP contribution in [0.4, 0.5) is 36.4 Å². The molecule has 5 nitrogen and oxygen atoms in total. The highest BCUT2D eigenvalue weighted by atomic mass is 19.4. The number of rotatable bonds is 5. The molecular formula is C23H14F7NO4. The Morgan fingerprint density at radius 1 is 0.743 bits per heavy atom. The maximum atomic E-state index is 14.5. The van der Waals surface area contributed by atoms with Crippen molar-refractivity contribution >= 4 is 17.6 Å². The van der Waals surface area contributed by atoms with E-state index in [0.29, 0.717) is 12.1 Å². The Kier molecular flexibility index (Phi) is 6.62. The number of carboxylic acid groups (broad SMARTS) is 1. The van der Waals surface area contributed by atoms with E-state index in [9.17, 15) is 45.4 Å². The first-order valence-corrected chi connectivity index (χ1v) is 9.56. The number of carbonyl (C=O) groups excluding carboxylic acids is 1. The fourth-order valence-electron chi connectivity index (χ4n) is 3.16. The van der Waals surface area contributed by atoms with Crippen molar-refractivity contribution in [2.75, 3.05) is 5.32 Å². The molecule has 184 valence electrons. The van der Waals surface area contributed by atoms with E-state index in [1.165, 1.54) is 48.5 Å². The van der Waals surface area contributed by atoms with Crippen molar-refractivity contribution in [3.8, 4) is 11.1 Å². The minimum atomic E-state index is -6.15. The normalized spacial score (nSPS) is 12.3. The van der Waals surface area contributed by atoms with Crippen LogP contribution in [0.5, 0.6) is 0 Å². The molecule has 0 aliphatic carbocycles. The number of amides is 1. The monoisotopic (exact) mass is 501 g/mol. The number of benzene rings is 3. The molecule has 35 heavy (non-hydrogen) atoms. The van der Waals surface area contributed by atoms with E-state index < -0.39 is 41.2 Å². The molecule has 0 spiro atoms. The van der Waals surface area contributed by atoms with Crippen LogP contribution >= 0.6 is 0 Å². The van der Waals surface area contributed by atoms with E-state index in [-0.39, 0.29) is 34.0 Å². The number of halogens is 7. The van der Waals surface area contributed by atoms with Gasteiger partial charge in [-0.05, 0) is 48.0 Å². The summed E-state index contributed by atoms with van der Waals surface area (Å²) in [5.74, 6) is -3.21. The summed E-state index contributed by atoms with van der Waals surface area (Å²) in [5, 5.41) is 20.8.